The number of ether oxygens (including phenoxy) is 1. The first kappa shape index (κ1) is 16.5. The van der Waals surface area contributed by atoms with Crippen molar-refractivity contribution in [3.05, 3.63) is 35.9 Å². The smallest absolute Gasteiger partial charge is 0.318 e. The minimum absolute atomic E-state index is 0.0557. The Bertz CT molecular complexity index is 535. The van der Waals surface area contributed by atoms with E-state index < -0.39 is 17.5 Å². The van der Waals surface area contributed by atoms with Gasteiger partial charge in [-0.2, -0.15) is 0 Å². The van der Waals surface area contributed by atoms with Gasteiger partial charge in [-0.15, -0.1) is 0 Å². The molecule has 120 valence electrons. The number of hydrogen-bond donors (Lipinski definition) is 2. The highest BCUT2D eigenvalue weighted by Crippen LogP contribution is 2.34. The standard InChI is InChI=1S/C17H23NO4/c1-17(2,21)10-13(11-7-5-4-6-8-11)14-9-12(15(19)18-14)16(20)22-3/h4-8,12-14,21H,9-10H2,1-3H3,(H,18,19). The molecule has 0 aromatic heterocycles. The number of rotatable bonds is 5. The van der Waals surface area contributed by atoms with E-state index >= 15 is 0 Å². The number of nitrogens with one attached hydrogen (secondary N) is 1. The molecule has 0 aliphatic carbocycles. The summed E-state index contributed by atoms with van der Waals surface area (Å²) in [5.74, 6) is -1.62. The number of amides is 1. The van der Waals surface area contributed by atoms with E-state index in [4.69, 9.17) is 4.74 Å². The van der Waals surface area contributed by atoms with Gasteiger partial charge >= 0.3 is 5.97 Å². The highest BCUT2D eigenvalue weighted by Gasteiger charge is 2.42. The summed E-state index contributed by atoms with van der Waals surface area (Å²) >= 11 is 0. The monoisotopic (exact) mass is 305 g/mol. The van der Waals surface area contributed by atoms with E-state index in [0.29, 0.717) is 12.8 Å². The number of carbonyl (C=O) groups excluding carboxylic acids is 2. The maximum Gasteiger partial charge on any atom is 0.318 e. The fourth-order valence-corrected chi connectivity index (χ4v) is 3.04. The van der Waals surface area contributed by atoms with Crippen molar-refractivity contribution in [3.8, 4) is 0 Å². The molecule has 3 unspecified atom stereocenters. The summed E-state index contributed by atoms with van der Waals surface area (Å²) in [5.41, 5.74) is 0.176. The van der Waals surface area contributed by atoms with E-state index in [1.165, 1.54) is 7.11 Å². The van der Waals surface area contributed by atoms with Crippen molar-refractivity contribution < 1.29 is 19.4 Å². The van der Waals surface area contributed by atoms with Gasteiger partial charge in [-0.3, -0.25) is 9.59 Å². The Balaban J connectivity index is 2.23. The molecule has 0 bridgehead atoms. The zero-order chi connectivity index (χ0) is 16.3. The van der Waals surface area contributed by atoms with Crippen LogP contribution in [0.3, 0.4) is 0 Å². The predicted octanol–water partition coefficient (Wildman–Crippen LogP) is 1.61. The predicted molar refractivity (Wildman–Crippen MR) is 82.2 cm³/mol. The van der Waals surface area contributed by atoms with Crippen LogP contribution in [-0.2, 0) is 14.3 Å². The molecule has 0 radical (unpaired) electrons. The highest BCUT2D eigenvalue weighted by atomic mass is 16.5. The third kappa shape index (κ3) is 3.85. The lowest BCUT2D eigenvalue weighted by Gasteiger charge is -2.29. The second kappa shape index (κ2) is 6.48. The Hall–Kier alpha value is -1.88. The Labute approximate surface area is 130 Å². The van der Waals surface area contributed by atoms with E-state index in [9.17, 15) is 14.7 Å². The van der Waals surface area contributed by atoms with Gasteiger partial charge in [-0.25, -0.2) is 0 Å². The first-order chi connectivity index (χ1) is 10.3. The first-order valence-electron chi connectivity index (χ1n) is 7.47. The second-order valence-electron chi connectivity index (χ2n) is 6.46. The van der Waals surface area contributed by atoms with Gasteiger partial charge in [0.2, 0.25) is 5.91 Å². The summed E-state index contributed by atoms with van der Waals surface area (Å²) in [7, 11) is 1.29. The van der Waals surface area contributed by atoms with Crippen LogP contribution in [-0.4, -0.2) is 35.7 Å². The van der Waals surface area contributed by atoms with Crippen molar-refractivity contribution in [2.45, 2.75) is 44.2 Å². The third-order valence-electron chi connectivity index (χ3n) is 4.05. The molecule has 1 amide bonds. The number of hydrogen-bond acceptors (Lipinski definition) is 4. The van der Waals surface area contributed by atoms with Crippen molar-refractivity contribution in [2.24, 2.45) is 5.92 Å². The molecule has 0 spiro atoms. The first-order valence-corrected chi connectivity index (χ1v) is 7.47. The largest absolute Gasteiger partial charge is 0.468 e. The van der Waals surface area contributed by atoms with Crippen LogP contribution in [0, 0.1) is 5.92 Å². The van der Waals surface area contributed by atoms with Crippen LogP contribution in [0.4, 0.5) is 0 Å². The zero-order valence-electron chi connectivity index (χ0n) is 13.2. The molecule has 1 aromatic carbocycles. The van der Waals surface area contributed by atoms with Gasteiger partial charge in [-0.05, 0) is 32.3 Å². The van der Waals surface area contributed by atoms with Gasteiger partial charge in [0.25, 0.3) is 0 Å². The summed E-state index contributed by atoms with van der Waals surface area (Å²) in [4.78, 5) is 23.7. The molecule has 2 N–H and O–H groups in total. The van der Waals surface area contributed by atoms with Crippen LogP contribution in [0.25, 0.3) is 0 Å². The van der Waals surface area contributed by atoms with Crippen LogP contribution < -0.4 is 5.32 Å². The molecule has 1 aliphatic heterocycles. The van der Waals surface area contributed by atoms with Crippen molar-refractivity contribution in [3.63, 3.8) is 0 Å². The van der Waals surface area contributed by atoms with Crippen LogP contribution in [0.2, 0.25) is 0 Å². The fraction of sp³-hybridized carbons (Fsp3) is 0.529. The molecular formula is C17H23NO4. The van der Waals surface area contributed by atoms with Crippen LogP contribution in [0.15, 0.2) is 30.3 Å². The van der Waals surface area contributed by atoms with Crippen molar-refractivity contribution in [1.29, 1.82) is 0 Å². The third-order valence-corrected chi connectivity index (χ3v) is 4.05. The second-order valence-corrected chi connectivity index (χ2v) is 6.46. The lowest BCUT2D eigenvalue weighted by atomic mass is 9.81. The van der Waals surface area contributed by atoms with Crippen molar-refractivity contribution >= 4 is 11.9 Å². The molecule has 1 fully saturated rings. The molecular weight excluding hydrogens is 282 g/mol. The van der Waals surface area contributed by atoms with Gasteiger partial charge in [0.15, 0.2) is 0 Å². The lowest BCUT2D eigenvalue weighted by Crippen LogP contribution is -2.36. The minimum Gasteiger partial charge on any atom is -0.468 e. The molecule has 1 aliphatic rings. The van der Waals surface area contributed by atoms with Crippen molar-refractivity contribution in [2.75, 3.05) is 7.11 Å². The summed E-state index contributed by atoms with van der Waals surface area (Å²) < 4.78 is 4.69. The Morgan fingerprint density at radius 2 is 2.05 bits per heavy atom. The normalized spacial score (nSPS) is 23.0. The topological polar surface area (TPSA) is 75.6 Å². The average Bonchev–Trinajstić information content (AvgIpc) is 2.86. The number of aliphatic hydroxyl groups is 1. The molecule has 1 saturated heterocycles. The Kier molecular flexibility index (Phi) is 4.86. The SMILES string of the molecule is COC(=O)C1CC(C(CC(C)(C)O)c2ccccc2)NC1=O. The highest BCUT2D eigenvalue weighted by molar-refractivity contribution is 5.99. The summed E-state index contributed by atoms with van der Waals surface area (Å²) in [6.45, 7) is 3.50. The maximum absolute atomic E-state index is 12.0. The maximum atomic E-state index is 12.0. The Morgan fingerprint density at radius 1 is 1.41 bits per heavy atom. The van der Waals surface area contributed by atoms with E-state index in [0.717, 1.165) is 5.56 Å². The molecule has 22 heavy (non-hydrogen) atoms. The number of esters is 1. The molecule has 2 rings (SSSR count). The van der Waals surface area contributed by atoms with Crippen LogP contribution >= 0.6 is 0 Å². The van der Waals surface area contributed by atoms with Crippen LogP contribution in [0.1, 0.15) is 38.2 Å². The Morgan fingerprint density at radius 3 is 2.59 bits per heavy atom. The molecule has 1 aromatic rings. The van der Waals surface area contributed by atoms with E-state index in [1.54, 1.807) is 13.8 Å². The van der Waals surface area contributed by atoms with Gasteiger partial charge in [0, 0.05) is 12.0 Å². The minimum atomic E-state index is -0.866. The van der Waals surface area contributed by atoms with E-state index in [-0.39, 0.29) is 17.9 Å². The zero-order valence-corrected chi connectivity index (χ0v) is 13.2. The van der Waals surface area contributed by atoms with Gasteiger partial charge in [0.1, 0.15) is 5.92 Å². The molecule has 5 heteroatoms. The molecule has 0 saturated carbocycles. The lowest BCUT2D eigenvalue weighted by molar-refractivity contribution is -0.148. The van der Waals surface area contributed by atoms with Crippen LogP contribution in [0.5, 0.6) is 0 Å². The molecule has 5 nitrogen and oxygen atoms in total. The molecule has 1 heterocycles. The fourth-order valence-electron chi connectivity index (χ4n) is 3.04. The van der Waals surface area contributed by atoms with Gasteiger partial charge in [0.05, 0.1) is 12.7 Å². The summed E-state index contributed by atoms with van der Waals surface area (Å²) in [6.07, 6.45) is 0.886. The molecule has 3 atom stereocenters. The summed E-state index contributed by atoms with van der Waals surface area (Å²) in [6, 6.07) is 9.56. The van der Waals surface area contributed by atoms with Gasteiger partial charge < -0.3 is 15.2 Å². The number of methoxy groups -OCH3 is 1. The van der Waals surface area contributed by atoms with E-state index in [1.807, 2.05) is 30.3 Å². The number of benzene rings is 1. The van der Waals surface area contributed by atoms with Crippen molar-refractivity contribution in [1.82, 2.24) is 5.32 Å². The van der Waals surface area contributed by atoms with E-state index in [2.05, 4.69) is 5.32 Å². The number of carbonyl (C=O) groups is 2. The average molecular weight is 305 g/mol. The summed E-state index contributed by atoms with van der Waals surface area (Å²) in [5, 5.41) is 13.1. The quantitative estimate of drug-likeness (QED) is 0.640. The van der Waals surface area contributed by atoms with Gasteiger partial charge in [-0.1, -0.05) is 30.3 Å².